The van der Waals surface area contributed by atoms with E-state index >= 15 is 4.39 Å². The number of hydrogen-bond donors (Lipinski definition) is 4. The third kappa shape index (κ3) is 5.95. The van der Waals surface area contributed by atoms with Crippen molar-refractivity contribution in [3.63, 3.8) is 0 Å². The van der Waals surface area contributed by atoms with E-state index in [2.05, 4.69) is 34.1 Å². The maximum Gasteiger partial charge on any atom is 0.340 e. The standard InChI is InChI=1S/C35H36FN3O10S/c1-15-4-2-3-5-21(15)25-22(30(49-38-25)16-6-7-16)14-46-20-12-18-8-9-19(13-20)39(18)35-37-26-23(36)10-17(11-24(26)50-35)33(45)48-34-29(42)27(40)28(41)31(47-34)32(43)44/h2-5,10-11,16,18-20,27-29,31,34,40-42H,6-9,12-14H2,1H3,(H,43,44)/t18-,19+,20?,27-,28-,29+,31-,34-/m0/s1. The van der Waals surface area contributed by atoms with E-state index in [4.69, 9.17) is 18.7 Å². The van der Waals surface area contributed by atoms with Crippen LogP contribution in [0, 0.1) is 12.7 Å². The summed E-state index contributed by atoms with van der Waals surface area (Å²) in [4.78, 5) is 31.3. The highest BCUT2D eigenvalue weighted by Crippen LogP contribution is 2.46. The highest BCUT2D eigenvalue weighted by molar-refractivity contribution is 7.22. The zero-order valence-electron chi connectivity index (χ0n) is 27.0. The number of benzene rings is 2. The van der Waals surface area contributed by atoms with Crippen molar-refractivity contribution in [1.82, 2.24) is 10.1 Å². The molecule has 0 radical (unpaired) electrons. The van der Waals surface area contributed by atoms with Crippen molar-refractivity contribution < 1.29 is 53.1 Å². The molecule has 1 saturated carbocycles. The molecule has 1 aliphatic carbocycles. The van der Waals surface area contributed by atoms with Crippen LogP contribution in [0.5, 0.6) is 0 Å². The van der Waals surface area contributed by atoms with Gasteiger partial charge in [0.05, 0.1) is 23.0 Å². The first-order valence-corrected chi connectivity index (χ1v) is 17.6. The molecule has 4 aliphatic rings. The van der Waals surface area contributed by atoms with Crippen LogP contribution < -0.4 is 4.90 Å². The number of carbonyl (C=O) groups excluding carboxylic acids is 1. The number of anilines is 1. The maximum absolute atomic E-state index is 15.4. The molecule has 0 spiro atoms. The number of thiazole rings is 1. The van der Waals surface area contributed by atoms with Gasteiger partial charge in [0.1, 0.15) is 35.3 Å². The van der Waals surface area contributed by atoms with Gasteiger partial charge in [-0.25, -0.2) is 19.0 Å². The summed E-state index contributed by atoms with van der Waals surface area (Å²) in [6, 6.07) is 10.8. The zero-order valence-corrected chi connectivity index (χ0v) is 27.8. The molecular formula is C35H36FN3O10S. The Bertz CT molecular complexity index is 1930. The van der Waals surface area contributed by atoms with Gasteiger partial charge in [-0.15, -0.1) is 0 Å². The van der Waals surface area contributed by atoms with E-state index < -0.39 is 48.5 Å². The van der Waals surface area contributed by atoms with Gasteiger partial charge in [-0.3, -0.25) is 0 Å². The lowest BCUT2D eigenvalue weighted by molar-refractivity contribution is -0.278. The Morgan fingerprint density at radius 1 is 1.04 bits per heavy atom. The number of fused-ring (bicyclic) bond motifs is 3. The van der Waals surface area contributed by atoms with E-state index in [9.17, 15) is 30.0 Å². The maximum atomic E-state index is 15.4. The molecule has 13 nitrogen and oxygen atoms in total. The predicted molar refractivity (Wildman–Crippen MR) is 175 cm³/mol. The highest BCUT2D eigenvalue weighted by atomic mass is 32.1. The first kappa shape index (κ1) is 33.2. The van der Waals surface area contributed by atoms with Crippen LogP contribution in [0.2, 0.25) is 0 Å². The number of esters is 1. The van der Waals surface area contributed by atoms with E-state index in [0.29, 0.717) is 22.4 Å². The molecule has 8 rings (SSSR count). The lowest BCUT2D eigenvalue weighted by atomic mass is 9.99. The number of nitrogens with zero attached hydrogens (tertiary/aromatic N) is 3. The molecule has 3 aliphatic heterocycles. The molecule has 2 aromatic heterocycles. The summed E-state index contributed by atoms with van der Waals surface area (Å²) in [5, 5.41) is 44.5. The molecule has 8 atom stereocenters. The second-order valence-electron chi connectivity index (χ2n) is 13.6. The van der Waals surface area contributed by atoms with Gasteiger partial charge in [-0.2, -0.15) is 0 Å². The Morgan fingerprint density at radius 3 is 2.48 bits per heavy atom. The number of piperidine rings is 1. The van der Waals surface area contributed by atoms with Crippen LogP contribution in [0.3, 0.4) is 0 Å². The Hall–Kier alpha value is -3.99. The number of carboxylic acid groups (broad SMARTS) is 1. The van der Waals surface area contributed by atoms with Gasteiger partial charge in [0.25, 0.3) is 0 Å². The number of carboxylic acids is 1. The number of rotatable bonds is 9. The fraction of sp³-hybridized carbons (Fsp3) is 0.486. The molecule has 264 valence electrons. The number of aliphatic carboxylic acids is 1. The summed E-state index contributed by atoms with van der Waals surface area (Å²) in [6.45, 7) is 2.47. The number of aliphatic hydroxyl groups excluding tert-OH is 3. The van der Waals surface area contributed by atoms with Crippen molar-refractivity contribution in [2.45, 2.75) is 107 Å². The fourth-order valence-electron chi connectivity index (χ4n) is 7.48. The average molecular weight is 710 g/mol. The van der Waals surface area contributed by atoms with Gasteiger partial charge in [0.2, 0.25) is 6.29 Å². The Morgan fingerprint density at radius 2 is 1.78 bits per heavy atom. The third-order valence-corrected chi connectivity index (χ3v) is 11.3. The van der Waals surface area contributed by atoms with E-state index in [0.717, 1.165) is 72.7 Å². The predicted octanol–water partition coefficient (Wildman–Crippen LogP) is 4.04. The third-order valence-electron chi connectivity index (χ3n) is 10.2. The minimum Gasteiger partial charge on any atom is -0.479 e. The fourth-order valence-corrected chi connectivity index (χ4v) is 8.65. The first-order chi connectivity index (χ1) is 24.1. The van der Waals surface area contributed by atoms with Crippen LogP contribution in [-0.4, -0.2) is 91.4 Å². The Labute approximate surface area is 289 Å². The average Bonchev–Trinajstić information content (AvgIpc) is 3.61. The van der Waals surface area contributed by atoms with Crippen molar-refractivity contribution in [3.05, 3.63) is 64.7 Å². The molecule has 3 saturated heterocycles. The Kier molecular flexibility index (Phi) is 8.60. The summed E-state index contributed by atoms with van der Waals surface area (Å²) in [6.07, 6.45) is -4.05. The summed E-state index contributed by atoms with van der Waals surface area (Å²) in [5.74, 6) is -2.18. The van der Waals surface area contributed by atoms with Crippen molar-refractivity contribution in [1.29, 1.82) is 0 Å². The van der Waals surface area contributed by atoms with E-state index in [1.54, 1.807) is 0 Å². The van der Waals surface area contributed by atoms with Crippen LogP contribution in [0.25, 0.3) is 21.5 Å². The van der Waals surface area contributed by atoms with E-state index in [-0.39, 0.29) is 29.3 Å². The van der Waals surface area contributed by atoms with Crippen LogP contribution in [0.4, 0.5) is 9.52 Å². The quantitative estimate of drug-likeness (QED) is 0.183. The number of aromatic nitrogens is 2. The van der Waals surface area contributed by atoms with Gasteiger partial charge < -0.3 is 44.1 Å². The normalized spacial score (nSPS) is 29.4. The van der Waals surface area contributed by atoms with Crippen molar-refractivity contribution in [3.8, 4) is 11.3 Å². The number of hydrogen-bond acceptors (Lipinski definition) is 13. The molecule has 0 amide bonds. The minimum absolute atomic E-state index is 0.0145. The molecule has 4 aromatic rings. The van der Waals surface area contributed by atoms with Crippen LogP contribution in [-0.2, 0) is 25.6 Å². The molecular weight excluding hydrogens is 673 g/mol. The second-order valence-corrected chi connectivity index (χ2v) is 14.6. The number of carbonyl (C=O) groups is 2. The molecule has 4 N–H and O–H groups in total. The summed E-state index contributed by atoms with van der Waals surface area (Å²) >= 11 is 1.25. The lowest BCUT2D eigenvalue weighted by Gasteiger charge is -2.38. The molecule has 1 unspecified atom stereocenters. The van der Waals surface area contributed by atoms with Gasteiger partial charge in [0.15, 0.2) is 17.1 Å². The minimum atomic E-state index is -1.95. The topological polar surface area (TPSA) is 185 Å². The number of halogens is 1. The number of aliphatic hydroxyl groups is 3. The van der Waals surface area contributed by atoms with Crippen LogP contribution in [0.15, 0.2) is 40.9 Å². The first-order valence-electron chi connectivity index (χ1n) is 16.7. The van der Waals surface area contributed by atoms with Crippen LogP contribution in [0.1, 0.15) is 71.7 Å². The van der Waals surface area contributed by atoms with E-state index in [1.165, 1.54) is 17.4 Å². The van der Waals surface area contributed by atoms with Gasteiger partial charge in [-0.1, -0.05) is 40.8 Å². The molecule has 50 heavy (non-hydrogen) atoms. The zero-order chi connectivity index (χ0) is 34.8. The summed E-state index contributed by atoms with van der Waals surface area (Å²) < 4.78 is 38.4. The SMILES string of the molecule is Cc1ccccc1-c1noc(C2CC2)c1COC1C[C@H]2CC[C@@H](C1)N2c1nc2c(F)cc(C(=O)O[C@@H]3O[C@H](C(=O)O)[C@@H](O)[C@H](O)[C@H]3O)cc2s1. The molecule has 2 bridgehead atoms. The lowest BCUT2D eigenvalue weighted by Crippen LogP contribution is -2.60. The number of aryl methyl sites for hydroxylation is 1. The van der Waals surface area contributed by atoms with Crippen molar-refractivity contribution in [2.75, 3.05) is 4.90 Å². The van der Waals surface area contributed by atoms with E-state index in [1.807, 2.05) is 12.1 Å². The van der Waals surface area contributed by atoms with Crippen molar-refractivity contribution in [2.24, 2.45) is 0 Å². The van der Waals surface area contributed by atoms with Gasteiger partial charge >= 0.3 is 11.9 Å². The summed E-state index contributed by atoms with van der Waals surface area (Å²) in [7, 11) is 0. The second kappa shape index (κ2) is 13.0. The number of ether oxygens (including phenoxy) is 3. The summed E-state index contributed by atoms with van der Waals surface area (Å²) in [5.41, 5.74) is 3.91. The Balaban J connectivity index is 0.962. The molecule has 5 heterocycles. The van der Waals surface area contributed by atoms with Crippen LogP contribution >= 0.6 is 11.3 Å². The molecule has 15 heteroatoms. The van der Waals surface area contributed by atoms with Gasteiger partial charge in [0, 0.05) is 29.1 Å². The molecule has 2 aromatic carbocycles. The molecule has 4 fully saturated rings. The van der Waals surface area contributed by atoms with Gasteiger partial charge in [-0.05, 0) is 63.1 Å². The monoisotopic (exact) mass is 709 g/mol. The highest BCUT2D eigenvalue weighted by Gasteiger charge is 2.49. The largest absolute Gasteiger partial charge is 0.479 e. The smallest absolute Gasteiger partial charge is 0.340 e. The van der Waals surface area contributed by atoms with Crippen molar-refractivity contribution >= 4 is 38.6 Å².